The molecule has 5 heteroatoms. The average molecular weight is 259 g/mol. The fourth-order valence-electron chi connectivity index (χ4n) is 1.90. The SMILES string of the molecule is Cc1ccc2nc(Nc3ccc(F)cc3F)[nH]c2c1. The topological polar surface area (TPSA) is 40.7 Å². The van der Waals surface area contributed by atoms with Gasteiger partial charge >= 0.3 is 0 Å². The van der Waals surface area contributed by atoms with Crippen LogP contribution in [0.5, 0.6) is 0 Å². The van der Waals surface area contributed by atoms with Gasteiger partial charge in [-0.1, -0.05) is 6.07 Å². The lowest BCUT2D eigenvalue weighted by Crippen LogP contribution is -1.95. The number of hydrogen-bond acceptors (Lipinski definition) is 2. The summed E-state index contributed by atoms with van der Waals surface area (Å²) in [6, 6.07) is 9.14. The Hall–Kier alpha value is -2.43. The van der Waals surface area contributed by atoms with E-state index in [1.165, 1.54) is 12.1 Å². The van der Waals surface area contributed by atoms with E-state index in [2.05, 4.69) is 15.3 Å². The second-order valence-corrected chi connectivity index (χ2v) is 4.36. The lowest BCUT2D eigenvalue weighted by atomic mass is 10.2. The summed E-state index contributed by atoms with van der Waals surface area (Å²) in [6.45, 7) is 1.98. The van der Waals surface area contributed by atoms with Crippen molar-refractivity contribution in [1.82, 2.24) is 9.97 Å². The lowest BCUT2D eigenvalue weighted by molar-refractivity contribution is 0.586. The summed E-state index contributed by atoms with van der Waals surface area (Å²) in [7, 11) is 0. The summed E-state index contributed by atoms with van der Waals surface area (Å²) < 4.78 is 26.3. The van der Waals surface area contributed by atoms with Gasteiger partial charge in [0.25, 0.3) is 0 Å². The largest absolute Gasteiger partial charge is 0.324 e. The molecule has 0 radical (unpaired) electrons. The molecule has 0 unspecified atom stereocenters. The standard InChI is InChI=1S/C14H11F2N3/c1-8-2-4-12-13(6-8)19-14(18-12)17-11-5-3-9(15)7-10(11)16/h2-7H,1H3,(H2,17,18,19). The Labute approximate surface area is 108 Å². The van der Waals surface area contributed by atoms with E-state index in [-0.39, 0.29) is 5.69 Å². The van der Waals surface area contributed by atoms with Gasteiger partial charge in [-0.2, -0.15) is 0 Å². The highest BCUT2D eigenvalue weighted by Crippen LogP contribution is 2.21. The first-order valence-corrected chi connectivity index (χ1v) is 5.80. The lowest BCUT2D eigenvalue weighted by Gasteiger charge is -2.03. The van der Waals surface area contributed by atoms with Crippen molar-refractivity contribution in [3.8, 4) is 0 Å². The van der Waals surface area contributed by atoms with Crippen LogP contribution in [0.15, 0.2) is 36.4 Å². The van der Waals surface area contributed by atoms with E-state index >= 15 is 0 Å². The second kappa shape index (κ2) is 4.35. The summed E-state index contributed by atoms with van der Waals surface area (Å²) in [5.41, 5.74) is 2.94. The molecule has 0 amide bonds. The van der Waals surface area contributed by atoms with Gasteiger partial charge in [0.2, 0.25) is 5.95 Å². The van der Waals surface area contributed by atoms with Crippen molar-refractivity contribution in [3.05, 3.63) is 53.6 Å². The van der Waals surface area contributed by atoms with Crippen LogP contribution in [0.1, 0.15) is 5.56 Å². The van der Waals surface area contributed by atoms with Gasteiger partial charge < -0.3 is 10.3 Å². The van der Waals surface area contributed by atoms with E-state index in [4.69, 9.17) is 0 Å². The van der Waals surface area contributed by atoms with Gasteiger partial charge in [0.05, 0.1) is 16.7 Å². The zero-order valence-corrected chi connectivity index (χ0v) is 10.2. The molecule has 3 aromatic rings. The van der Waals surface area contributed by atoms with E-state index in [1.807, 2.05) is 25.1 Å². The van der Waals surface area contributed by atoms with Crippen LogP contribution in [0.2, 0.25) is 0 Å². The minimum Gasteiger partial charge on any atom is -0.324 e. The number of aromatic amines is 1. The molecule has 0 saturated carbocycles. The third kappa shape index (κ3) is 2.27. The van der Waals surface area contributed by atoms with Crippen molar-refractivity contribution in [2.75, 3.05) is 5.32 Å². The fraction of sp³-hybridized carbons (Fsp3) is 0.0714. The predicted octanol–water partition coefficient (Wildman–Crippen LogP) is 3.89. The Morgan fingerprint density at radius 2 is 1.95 bits per heavy atom. The van der Waals surface area contributed by atoms with E-state index in [1.54, 1.807) is 0 Å². The molecule has 0 bridgehead atoms. The van der Waals surface area contributed by atoms with Crippen LogP contribution >= 0.6 is 0 Å². The smallest absolute Gasteiger partial charge is 0.205 e. The highest BCUT2D eigenvalue weighted by molar-refractivity contribution is 5.79. The zero-order valence-electron chi connectivity index (χ0n) is 10.2. The van der Waals surface area contributed by atoms with E-state index in [0.29, 0.717) is 5.95 Å². The number of fused-ring (bicyclic) bond motifs is 1. The number of nitrogens with zero attached hydrogens (tertiary/aromatic N) is 1. The molecule has 1 aromatic heterocycles. The fourth-order valence-corrected chi connectivity index (χ4v) is 1.90. The molecule has 96 valence electrons. The van der Waals surface area contributed by atoms with E-state index in [9.17, 15) is 8.78 Å². The minimum atomic E-state index is -0.656. The Kier molecular flexibility index (Phi) is 2.67. The first kappa shape index (κ1) is 11.6. The number of hydrogen-bond donors (Lipinski definition) is 2. The number of rotatable bonds is 2. The number of aryl methyl sites for hydroxylation is 1. The quantitative estimate of drug-likeness (QED) is 0.733. The molecule has 0 aliphatic heterocycles. The zero-order chi connectivity index (χ0) is 13.4. The molecule has 0 atom stereocenters. The van der Waals surface area contributed by atoms with Crippen LogP contribution < -0.4 is 5.32 Å². The molecule has 2 N–H and O–H groups in total. The molecule has 3 nitrogen and oxygen atoms in total. The normalized spacial score (nSPS) is 10.9. The summed E-state index contributed by atoms with van der Waals surface area (Å²) in [4.78, 5) is 7.33. The van der Waals surface area contributed by atoms with Crippen LogP contribution in [0.4, 0.5) is 20.4 Å². The monoisotopic (exact) mass is 259 g/mol. The molecular formula is C14H11F2N3. The van der Waals surface area contributed by atoms with Gasteiger partial charge in [-0.15, -0.1) is 0 Å². The van der Waals surface area contributed by atoms with Crippen molar-refractivity contribution < 1.29 is 8.78 Å². The Morgan fingerprint density at radius 1 is 1.11 bits per heavy atom. The average Bonchev–Trinajstić information content (AvgIpc) is 2.74. The van der Waals surface area contributed by atoms with Crippen LogP contribution in [-0.4, -0.2) is 9.97 Å². The van der Waals surface area contributed by atoms with E-state index < -0.39 is 11.6 Å². The molecule has 1 heterocycles. The molecule has 0 aliphatic carbocycles. The Balaban J connectivity index is 1.96. The number of halogens is 2. The van der Waals surface area contributed by atoms with Crippen molar-refractivity contribution >= 4 is 22.7 Å². The highest BCUT2D eigenvalue weighted by Gasteiger charge is 2.07. The van der Waals surface area contributed by atoms with Crippen molar-refractivity contribution in [2.45, 2.75) is 6.92 Å². The van der Waals surface area contributed by atoms with E-state index in [0.717, 1.165) is 22.7 Å². The number of H-pyrrole nitrogens is 1. The maximum atomic E-state index is 13.5. The summed E-state index contributed by atoms with van der Waals surface area (Å²) in [6.07, 6.45) is 0. The van der Waals surface area contributed by atoms with Crippen molar-refractivity contribution in [1.29, 1.82) is 0 Å². The van der Waals surface area contributed by atoms with Crippen LogP contribution in [0.25, 0.3) is 11.0 Å². The third-order valence-electron chi connectivity index (χ3n) is 2.82. The maximum absolute atomic E-state index is 13.5. The van der Waals surface area contributed by atoms with Gasteiger partial charge in [0, 0.05) is 6.07 Å². The van der Waals surface area contributed by atoms with Crippen LogP contribution in [0, 0.1) is 18.6 Å². The van der Waals surface area contributed by atoms with Crippen LogP contribution in [0.3, 0.4) is 0 Å². The van der Waals surface area contributed by atoms with Crippen molar-refractivity contribution in [2.24, 2.45) is 0 Å². The van der Waals surface area contributed by atoms with Gasteiger partial charge in [0.1, 0.15) is 11.6 Å². The highest BCUT2D eigenvalue weighted by atomic mass is 19.1. The van der Waals surface area contributed by atoms with Gasteiger partial charge in [-0.05, 0) is 36.8 Å². The predicted molar refractivity (Wildman–Crippen MR) is 70.5 cm³/mol. The maximum Gasteiger partial charge on any atom is 0.205 e. The Morgan fingerprint density at radius 3 is 2.74 bits per heavy atom. The third-order valence-corrected chi connectivity index (χ3v) is 2.82. The molecule has 3 rings (SSSR count). The van der Waals surface area contributed by atoms with Crippen LogP contribution in [-0.2, 0) is 0 Å². The number of nitrogens with one attached hydrogen (secondary N) is 2. The van der Waals surface area contributed by atoms with Crippen molar-refractivity contribution in [3.63, 3.8) is 0 Å². The van der Waals surface area contributed by atoms with Gasteiger partial charge in [0.15, 0.2) is 0 Å². The molecule has 2 aromatic carbocycles. The molecular weight excluding hydrogens is 248 g/mol. The number of imidazole rings is 1. The number of anilines is 2. The molecule has 0 saturated heterocycles. The molecule has 0 fully saturated rings. The first-order chi connectivity index (χ1) is 9.11. The second-order valence-electron chi connectivity index (χ2n) is 4.36. The minimum absolute atomic E-state index is 0.178. The molecule has 19 heavy (non-hydrogen) atoms. The Bertz CT molecular complexity index is 750. The summed E-state index contributed by atoms with van der Waals surface area (Å²) in [5, 5.41) is 2.80. The van der Waals surface area contributed by atoms with Gasteiger partial charge in [-0.3, -0.25) is 0 Å². The molecule has 0 aliphatic rings. The number of aromatic nitrogens is 2. The summed E-state index contributed by atoms with van der Waals surface area (Å²) in [5.74, 6) is -0.842. The van der Waals surface area contributed by atoms with Gasteiger partial charge in [-0.25, -0.2) is 13.8 Å². The number of benzene rings is 2. The first-order valence-electron chi connectivity index (χ1n) is 5.80. The molecule has 0 spiro atoms. The summed E-state index contributed by atoms with van der Waals surface area (Å²) >= 11 is 0.